The van der Waals surface area contributed by atoms with Crippen molar-refractivity contribution in [2.45, 2.75) is 39.3 Å². The lowest BCUT2D eigenvalue weighted by Gasteiger charge is -2.31. The largest absolute Gasteiger partial charge is 0.469 e. The molecule has 1 aromatic carbocycles. The second-order valence-corrected chi connectivity index (χ2v) is 7.58. The third-order valence-corrected chi connectivity index (χ3v) is 5.24. The molecule has 1 unspecified atom stereocenters. The van der Waals surface area contributed by atoms with Crippen LogP contribution in [0.3, 0.4) is 0 Å². The maximum absolute atomic E-state index is 13.2. The molecule has 0 bridgehead atoms. The first kappa shape index (κ1) is 24.0. The highest BCUT2D eigenvalue weighted by atomic mass is 19.4. The van der Waals surface area contributed by atoms with Gasteiger partial charge in [-0.05, 0) is 44.0 Å². The van der Waals surface area contributed by atoms with Crippen LogP contribution in [0.4, 0.5) is 24.5 Å². The SMILES string of the molecule is CCN(CC(=O)Nc1cc(C(F)(F)F)ccc1N1CCCCC1)CC(C)C(=O)OC. The molecule has 1 aromatic rings. The summed E-state index contributed by atoms with van der Waals surface area (Å²) in [4.78, 5) is 28.0. The van der Waals surface area contributed by atoms with Gasteiger partial charge in [0.1, 0.15) is 0 Å². The second kappa shape index (κ2) is 10.7. The average molecular weight is 429 g/mol. The summed E-state index contributed by atoms with van der Waals surface area (Å²) in [5, 5.41) is 2.66. The highest BCUT2D eigenvalue weighted by Crippen LogP contribution is 2.36. The molecule has 1 N–H and O–H groups in total. The summed E-state index contributed by atoms with van der Waals surface area (Å²) in [6.45, 7) is 5.83. The van der Waals surface area contributed by atoms with E-state index in [9.17, 15) is 22.8 Å². The lowest BCUT2D eigenvalue weighted by atomic mass is 10.1. The molecule has 0 aromatic heterocycles. The van der Waals surface area contributed by atoms with Crippen LogP contribution in [0.1, 0.15) is 38.7 Å². The Bertz CT molecular complexity index is 734. The van der Waals surface area contributed by atoms with E-state index in [4.69, 9.17) is 4.74 Å². The lowest BCUT2D eigenvalue weighted by Crippen LogP contribution is -2.38. The molecule has 6 nitrogen and oxygen atoms in total. The number of amides is 1. The number of nitrogens with zero attached hydrogens (tertiary/aromatic N) is 2. The molecule has 168 valence electrons. The van der Waals surface area contributed by atoms with Gasteiger partial charge in [-0.15, -0.1) is 0 Å². The highest BCUT2D eigenvalue weighted by Gasteiger charge is 2.32. The van der Waals surface area contributed by atoms with E-state index in [0.717, 1.165) is 44.5 Å². The topological polar surface area (TPSA) is 61.9 Å². The van der Waals surface area contributed by atoms with Gasteiger partial charge in [0.15, 0.2) is 0 Å². The maximum Gasteiger partial charge on any atom is 0.416 e. The van der Waals surface area contributed by atoms with Crippen molar-refractivity contribution in [1.29, 1.82) is 0 Å². The fourth-order valence-electron chi connectivity index (χ4n) is 3.58. The van der Waals surface area contributed by atoms with Crippen LogP contribution in [-0.2, 0) is 20.5 Å². The zero-order chi connectivity index (χ0) is 22.3. The molecular weight excluding hydrogens is 399 g/mol. The highest BCUT2D eigenvalue weighted by molar-refractivity contribution is 5.96. The number of benzene rings is 1. The number of carbonyl (C=O) groups excluding carboxylic acids is 2. The second-order valence-electron chi connectivity index (χ2n) is 7.58. The van der Waals surface area contributed by atoms with Gasteiger partial charge < -0.3 is 15.0 Å². The summed E-state index contributed by atoms with van der Waals surface area (Å²) in [5.41, 5.74) is -0.0407. The Morgan fingerprint density at radius 1 is 1.23 bits per heavy atom. The number of hydrogen-bond donors (Lipinski definition) is 1. The van der Waals surface area contributed by atoms with Crippen molar-refractivity contribution in [3.63, 3.8) is 0 Å². The van der Waals surface area contributed by atoms with E-state index < -0.39 is 23.6 Å². The van der Waals surface area contributed by atoms with Crippen LogP contribution in [0.25, 0.3) is 0 Å². The third-order valence-electron chi connectivity index (χ3n) is 5.24. The minimum atomic E-state index is -4.49. The van der Waals surface area contributed by atoms with Crippen molar-refractivity contribution >= 4 is 23.3 Å². The summed E-state index contributed by atoms with van der Waals surface area (Å²) in [5.74, 6) is -1.22. The number of hydrogen-bond acceptors (Lipinski definition) is 5. The zero-order valence-electron chi connectivity index (χ0n) is 17.7. The number of ether oxygens (including phenoxy) is 1. The number of anilines is 2. The van der Waals surface area contributed by atoms with Gasteiger partial charge >= 0.3 is 12.1 Å². The number of alkyl halides is 3. The fraction of sp³-hybridized carbons (Fsp3) is 0.619. The molecule has 1 atom stereocenters. The molecule has 1 heterocycles. The number of esters is 1. The molecule has 0 aliphatic carbocycles. The van der Waals surface area contributed by atoms with Crippen LogP contribution in [0.5, 0.6) is 0 Å². The molecular formula is C21H30F3N3O3. The molecule has 1 amide bonds. The van der Waals surface area contributed by atoms with Crippen molar-refractivity contribution in [2.75, 3.05) is 50.1 Å². The Hall–Kier alpha value is -2.29. The molecule has 1 fully saturated rings. The normalized spacial score (nSPS) is 15.8. The van der Waals surface area contributed by atoms with Crippen molar-refractivity contribution in [2.24, 2.45) is 5.92 Å². The van der Waals surface area contributed by atoms with Gasteiger partial charge in [-0.2, -0.15) is 13.2 Å². The van der Waals surface area contributed by atoms with Crippen molar-refractivity contribution < 1.29 is 27.5 Å². The summed E-state index contributed by atoms with van der Waals surface area (Å²) < 4.78 is 44.4. The number of rotatable bonds is 8. The number of methoxy groups -OCH3 is 1. The molecule has 0 radical (unpaired) electrons. The van der Waals surface area contributed by atoms with Crippen LogP contribution in [0.15, 0.2) is 18.2 Å². The van der Waals surface area contributed by atoms with Crippen molar-refractivity contribution in [1.82, 2.24) is 4.90 Å². The molecule has 30 heavy (non-hydrogen) atoms. The van der Waals surface area contributed by atoms with Crippen LogP contribution in [0, 0.1) is 5.92 Å². The molecule has 1 aliphatic heterocycles. The van der Waals surface area contributed by atoms with E-state index in [-0.39, 0.29) is 18.2 Å². The maximum atomic E-state index is 13.2. The minimum Gasteiger partial charge on any atom is -0.469 e. The Balaban J connectivity index is 2.17. The van der Waals surface area contributed by atoms with Gasteiger partial charge in [0.25, 0.3) is 0 Å². The van der Waals surface area contributed by atoms with Crippen LogP contribution < -0.4 is 10.2 Å². The van der Waals surface area contributed by atoms with Gasteiger partial charge in [-0.1, -0.05) is 13.8 Å². The number of piperidine rings is 1. The first-order valence-electron chi connectivity index (χ1n) is 10.2. The van der Waals surface area contributed by atoms with Crippen LogP contribution >= 0.6 is 0 Å². The van der Waals surface area contributed by atoms with Gasteiger partial charge in [0.2, 0.25) is 5.91 Å². The number of halogens is 3. The van der Waals surface area contributed by atoms with E-state index in [1.165, 1.54) is 13.2 Å². The fourth-order valence-corrected chi connectivity index (χ4v) is 3.58. The van der Waals surface area contributed by atoms with Gasteiger partial charge in [0, 0.05) is 19.6 Å². The molecule has 0 saturated carbocycles. The molecule has 1 saturated heterocycles. The van der Waals surface area contributed by atoms with E-state index in [1.807, 2.05) is 11.8 Å². The smallest absolute Gasteiger partial charge is 0.416 e. The molecule has 0 spiro atoms. The predicted octanol–water partition coefficient (Wildman–Crippen LogP) is 3.77. The Morgan fingerprint density at radius 3 is 2.47 bits per heavy atom. The molecule has 2 rings (SSSR count). The number of likely N-dealkylation sites (N-methyl/N-ethyl adjacent to an activating group) is 1. The Kier molecular flexibility index (Phi) is 8.52. The van der Waals surface area contributed by atoms with Gasteiger partial charge in [-0.3, -0.25) is 14.5 Å². The summed E-state index contributed by atoms with van der Waals surface area (Å²) >= 11 is 0. The summed E-state index contributed by atoms with van der Waals surface area (Å²) in [6, 6.07) is 3.48. The summed E-state index contributed by atoms with van der Waals surface area (Å²) in [7, 11) is 1.30. The molecule has 1 aliphatic rings. The standard InChI is InChI=1S/C21H30F3N3O3/c1-4-26(13-15(2)20(29)30-3)14-19(28)25-17-12-16(21(22,23)24)8-9-18(17)27-10-6-5-7-11-27/h8-9,12,15H,4-7,10-11,13-14H2,1-3H3,(H,25,28). The van der Waals surface area contributed by atoms with Crippen molar-refractivity contribution in [3.8, 4) is 0 Å². The van der Waals surface area contributed by atoms with Crippen molar-refractivity contribution in [3.05, 3.63) is 23.8 Å². The van der Waals surface area contributed by atoms with E-state index in [0.29, 0.717) is 18.8 Å². The Morgan fingerprint density at radius 2 is 1.90 bits per heavy atom. The van der Waals surface area contributed by atoms with E-state index in [2.05, 4.69) is 5.32 Å². The first-order chi connectivity index (χ1) is 14.2. The minimum absolute atomic E-state index is 0.0342. The average Bonchev–Trinajstić information content (AvgIpc) is 2.72. The van der Waals surface area contributed by atoms with Crippen LogP contribution in [0.2, 0.25) is 0 Å². The zero-order valence-corrected chi connectivity index (χ0v) is 17.7. The third kappa shape index (κ3) is 6.62. The summed E-state index contributed by atoms with van der Waals surface area (Å²) in [6.07, 6.45) is -1.49. The van der Waals surface area contributed by atoms with Gasteiger partial charge in [-0.25, -0.2) is 0 Å². The van der Waals surface area contributed by atoms with E-state index in [1.54, 1.807) is 11.8 Å². The van der Waals surface area contributed by atoms with E-state index >= 15 is 0 Å². The molecule has 9 heteroatoms. The lowest BCUT2D eigenvalue weighted by molar-refractivity contribution is -0.145. The number of nitrogens with one attached hydrogen (secondary N) is 1. The predicted molar refractivity (Wildman–Crippen MR) is 109 cm³/mol. The first-order valence-corrected chi connectivity index (χ1v) is 10.2. The Labute approximate surface area is 175 Å². The van der Waals surface area contributed by atoms with Gasteiger partial charge in [0.05, 0.1) is 36.5 Å². The van der Waals surface area contributed by atoms with Crippen LogP contribution in [-0.4, -0.2) is 56.6 Å². The number of carbonyl (C=O) groups is 2. The quantitative estimate of drug-likeness (QED) is 0.638. The monoisotopic (exact) mass is 429 g/mol.